The van der Waals surface area contributed by atoms with E-state index in [4.69, 9.17) is 4.74 Å². The second kappa shape index (κ2) is 6.96. The molecule has 2 aromatic carbocycles. The van der Waals surface area contributed by atoms with Gasteiger partial charge in [-0.1, -0.05) is 24.3 Å². The molecule has 4 nitrogen and oxygen atoms in total. The third kappa shape index (κ3) is 3.24. The summed E-state index contributed by atoms with van der Waals surface area (Å²) in [6.45, 7) is 3.92. The van der Waals surface area contributed by atoms with Crippen LogP contribution in [0.3, 0.4) is 0 Å². The zero-order chi connectivity index (χ0) is 19.0. The number of ether oxygens (including phenoxy) is 1. The first-order valence-electron chi connectivity index (χ1n) is 8.50. The molecule has 136 valence electrons. The number of hydrogen-bond acceptors (Lipinski definition) is 5. The van der Waals surface area contributed by atoms with Crippen molar-refractivity contribution in [3.8, 4) is 16.9 Å². The van der Waals surface area contributed by atoms with E-state index in [-0.39, 0.29) is 5.82 Å². The molecule has 0 atom stereocenters. The number of thiophene rings is 1. The van der Waals surface area contributed by atoms with Crippen molar-refractivity contribution in [1.29, 1.82) is 0 Å². The Bertz CT molecular complexity index is 1120. The zero-order valence-corrected chi connectivity index (χ0v) is 16.0. The minimum Gasteiger partial charge on any atom is -0.495 e. The van der Waals surface area contributed by atoms with Gasteiger partial charge in [-0.2, -0.15) is 0 Å². The second-order valence-corrected chi connectivity index (χ2v) is 7.37. The van der Waals surface area contributed by atoms with Crippen LogP contribution in [0.4, 0.5) is 15.9 Å². The molecule has 0 amide bonds. The number of fused-ring (bicyclic) bond motifs is 1. The molecule has 0 bridgehead atoms. The summed E-state index contributed by atoms with van der Waals surface area (Å²) in [5.74, 6) is 1.88. The van der Waals surface area contributed by atoms with Gasteiger partial charge in [-0.15, -0.1) is 11.3 Å². The lowest BCUT2D eigenvalue weighted by atomic mass is 10.0. The number of benzene rings is 2. The van der Waals surface area contributed by atoms with E-state index in [1.54, 1.807) is 30.6 Å². The molecule has 0 radical (unpaired) electrons. The van der Waals surface area contributed by atoms with Crippen LogP contribution in [0.2, 0.25) is 0 Å². The molecular weight excluding hydrogens is 361 g/mol. The lowest BCUT2D eigenvalue weighted by Crippen LogP contribution is -2.00. The summed E-state index contributed by atoms with van der Waals surface area (Å²) in [5.41, 5.74) is 2.79. The van der Waals surface area contributed by atoms with E-state index in [0.717, 1.165) is 37.7 Å². The summed E-state index contributed by atoms with van der Waals surface area (Å²) in [6.07, 6.45) is 0. The molecule has 2 heterocycles. The highest BCUT2D eigenvalue weighted by Crippen LogP contribution is 2.42. The quantitative estimate of drug-likeness (QED) is 0.482. The fourth-order valence-corrected chi connectivity index (χ4v) is 4.24. The van der Waals surface area contributed by atoms with Gasteiger partial charge in [-0.25, -0.2) is 14.4 Å². The van der Waals surface area contributed by atoms with E-state index in [2.05, 4.69) is 15.3 Å². The molecule has 0 saturated heterocycles. The van der Waals surface area contributed by atoms with Gasteiger partial charge in [0.05, 0.1) is 18.2 Å². The van der Waals surface area contributed by atoms with Crippen LogP contribution in [0.1, 0.15) is 10.7 Å². The van der Waals surface area contributed by atoms with E-state index in [1.165, 1.54) is 12.1 Å². The first kappa shape index (κ1) is 17.4. The Morgan fingerprint density at radius 1 is 1.00 bits per heavy atom. The van der Waals surface area contributed by atoms with Crippen molar-refractivity contribution in [2.75, 3.05) is 12.4 Å². The number of nitrogens with one attached hydrogen (secondary N) is 1. The molecule has 4 rings (SSSR count). The van der Waals surface area contributed by atoms with Crippen molar-refractivity contribution >= 4 is 33.1 Å². The van der Waals surface area contributed by atoms with Gasteiger partial charge in [0, 0.05) is 10.4 Å². The third-order valence-corrected chi connectivity index (χ3v) is 5.33. The minimum absolute atomic E-state index is 0.254. The van der Waals surface area contributed by atoms with Crippen LogP contribution in [-0.2, 0) is 0 Å². The number of para-hydroxylation sites is 2. The van der Waals surface area contributed by atoms with E-state index < -0.39 is 0 Å². The van der Waals surface area contributed by atoms with Gasteiger partial charge in [0.15, 0.2) is 0 Å². The Kier molecular flexibility index (Phi) is 4.49. The molecule has 27 heavy (non-hydrogen) atoms. The van der Waals surface area contributed by atoms with Crippen LogP contribution in [-0.4, -0.2) is 17.1 Å². The molecule has 0 unspecified atom stereocenters. The van der Waals surface area contributed by atoms with E-state index >= 15 is 0 Å². The minimum atomic E-state index is -0.254. The maximum Gasteiger partial charge on any atom is 0.143 e. The summed E-state index contributed by atoms with van der Waals surface area (Å²) in [6, 6.07) is 14.2. The van der Waals surface area contributed by atoms with Crippen molar-refractivity contribution in [2.45, 2.75) is 13.8 Å². The first-order valence-corrected chi connectivity index (χ1v) is 9.32. The smallest absolute Gasteiger partial charge is 0.143 e. The van der Waals surface area contributed by atoms with Crippen molar-refractivity contribution < 1.29 is 9.13 Å². The number of halogens is 1. The molecule has 0 aliphatic heterocycles. The average Bonchev–Trinajstić information content (AvgIpc) is 2.98. The first-order chi connectivity index (χ1) is 13.1. The van der Waals surface area contributed by atoms with Gasteiger partial charge in [-0.05, 0) is 43.7 Å². The molecule has 1 N–H and O–H groups in total. The second-order valence-electron chi connectivity index (χ2n) is 6.17. The molecule has 6 heteroatoms. The van der Waals surface area contributed by atoms with E-state index in [0.29, 0.717) is 11.6 Å². The summed E-state index contributed by atoms with van der Waals surface area (Å²) in [4.78, 5) is 11.3. The van der Waals surface area contributed by atoms with Gasteiger partial charge in [-0.3, -0.25) is 0 Å². The van der Waals surface area contributed by atoms with Crippen LogP contribution in [0.15, 0.2) is 48.5 Å². The highest BCUT2D eigenvalue weighted by atomic mass is 32.1. The fourth-order valence-electron chi connectivity index (χ4n) is 3.15. The lowest BCUT2D eigenvalue weighted by molar-refractivity contribution is 0.417. The van der Waals surface area contributed by atoms with Crippen LogP contribution in [0, 0.1) is 19.7 Å². The summed E-state index contributed by atoms with van der Waals surface area (Å²) in [5, 5.41) is 4.33. The van der Waals surface area contributed by atoms with Crippen molar-refractivity contribution in [1.82, 2.24) is 9.97 Å². The van der Waals surface area contributed by atoms with Gasteiger partial charge < -0.3 is 10.1 Å². The predicted molar refractivity (Wildman–Crippen MR) is 109 cm³/mol. The lowest BCUT2D eigenvalue weighted by Gasteiger charge is -2.13. The Morgan fingerprint density at radius 2 is 1.74 bits per heavy atom. The molecule has 4 aromatic rings. The maximum absolute atomic E-state index is 13.4. The SMILES string of the molecule is COc1ccccc1Nc1nc(C)nc2sc(C)c(-c3ccc(F)cc3)c12. The normalized spacial score (nSPS) is 11.0. The Hall–Kier alpha value is -2.99. The number of methoxy groups -OCH3 is 1. The largest absolute Gasteiger partial charge is 0.495 e. The zero-order valence-electron chi connectivity index (χ0n) is 15.2. The molecular formula is C21H18FN3OS. The highest BCUT2D eigenvalue weighted by molar-refractivity contribution is 7.19. The van der Waals surface area contributed by atoms with E-state index in [1.807, 2.05) is 38.1 Å². The topological polar surface area (TPSA) is 47.0 Å². The average molecular weight is 379 g/mol. The van der Waals surface area contributed by atoms with Crippen molar-refractivity contribution in [3.05, 3.63) is 65.0 Å². The summed E-state index contributed by atoms with van der Waals surface area (Å²) >= 11 is 1.61. The van der Waals surface area contributed by atoms with Crippen LogP contribution >= 0.6 is 11.3 Å². The summed E-state index contributed by atoms with van der Waals surface area (Å²) < 4.78 is 18.8. The van der Waals surface area contributed by atoms with Gasteiger partial charge in [0.2, 0.25) is 0 Å². The number of nitrogens with zero attached hydrogens (tertiary/aromatic N) is 2. The van der Waals surface area contributed by atoms with Crippen LogP contribution in [0.5, 0.6) is 5.75 Å². The molecule has 0 aliphatic carbocycles. The monoisotopic (exact) mass is 379 g/mol. The van der Waals surface area contributed by atoms with Gasteiger partial charge in [0.25, 0.3) is 0 Å². The number of anilines is 2. The van der Waals surface area contributed by atoms with Gasteiger partial charge >= 0.3 is 0 Å². The Morgan fingerprint density at radius 3 is 2.48 bits per heavy atom. The molecule has 2 aromatic heterocycles. The highest BCUT2D eigenvalue weighted by Gasteiger charge is 2.18. The summed E-state index contributed by atoms with van der Waals surface area (Å²) in [7, 11) is 1.64. The third-order valence-electron chi connectivity index (χ3n) is 4.33. The molecule has 0 fully saturated rings. The fraction of sp³-hybridized carbons (Fsp3) is 0.143. The van der Waals surface area contributed by atoms with Crippen molar-refractivity contribution in [3.63, 3.8) is 0 Å². The Balaban J connectivity index is 1.93. The standard InChI is InChI=1S/C21H18FN3OS/c1-12-18(14-8-10-15(22)11-9-14)19-20(23-13(2)24-21(19)27-12)25-16-6-4-5-7-17(16)26-3/h4-11H,1-3H3,(H,23,24,25). The predicted octanol–water partition coefficient (Wildman–Crippen LogP) is 5.87. The maximum atomic E-state index is 13.4. The van der Waals surface area contributed by atoms with Gasteiger partial charge in [0.1, 0.15) is 28.0 Å². The number of aryl methyl sites for hydroxylation is 2. The van der Waals surface area contributed by atoms with E-state index in [9.17, 15) is 4.39 Å². The number of rotatable bonds is 4. The van der Waals surface area contributed by atoms with Crippen LogP contribution < -0.4 is 10.1 Å². The number of aromatic nitrogens is 2. The van der Waals surface area contributed by atoms with Crippen LogP contribution in [0.25, 0.3) is 21.3 Å². The molecule has 0 spiro atoms. The molecule has 0 aliphatic rings. The molecule has 0 saturated carbocycles. The Labute approximate surface area is 160 Å². The van der Waals surface area contributed by atoms with Crippen molar-refractivity contribution in [2.24, 2.45) is 0 Å². The number of hydrogen-bond donors (Lipinski definition) is 1.